The van der Waals surface area contributed by atoms with Crippen LogP contribution in [0.5, 0.6) is 0 Å². The van der Waals surface area contributed by atoms with Gasteiger partial charge in [0, 0.05) is 10.8 Å². The third-order valence-electron chi connectivity index (χ3n) is 5.59. The lowest BCUT2D eigenvalue weighted by Gasteiger charge is -2.30. The van der Waals surface area contributed by atoms with Crippen molar-refractivity contribution in [1.82, 2.24) is 0 Å². The summed E-state index contributed by atoms with van der Waals surface area (Å²) in [6, 6.07) is 0. The minimum atomic E-state index is -3.75. The van der Waals surface area contributed by atoms with Crippen molar-refractivity contribution in [1.29, 1.82) is 0 Å². The summed E-state index contributed by atoms with van der Waals surface area (Å²) in [5.41, 5.74) is -3.19. The predicted molar refractivity (Wildman–Crippen MR) is 98.9 cm³/mol. The van der Waals surface area contributed by atoms with Gasteiger partial charge in [0.05, 0.1) is 0 Å². The summed E-state index contributed by atoms with van der Waals surface area (Å²) in [4.78, 5) is 21.3. The predicted octanol–water partition coefficient (Wildman–Crippen LogP) is 6.38. The van der Waals surface area contributed by atoms with Gasteiger partial charge in [0.25, 0.3) is 0 Å². The normalized spacial score (nSPS) is 13.6. The zero-order chi connectivity index (χ0) is 22.2. The first-order valence-corrected chi connectivity index (χ1v) is 9.82. The molecule has 0 atom stereocenters. The van der Waals surface area contributed by atoms with Crippen molar-refractivity contribution in [3.05, 3.63) is 0 Å². The van der Waals surface area contributed by atoms with Crippen molar-refractivity contribution < 1.29 is 37.4 Å². The Balaban J connectivity index is 3.90. The summed E-state index contributed by atoms with van der Waals surface area (Å²) in [6.07, 6.45) is 6.23. The SMILES string of the molecule is CC(C)(CCCCCCCCCCC(C)(C)C(F)(F)C(=O)O)C(F)(F)C(=O)O. The minimum absolute atomic E-state index is 0.124. The molecule has 28 heavy (non-hydrogen) atoms. The fourth-order valence-corrected chi connectivity index (χ4v) is 3.09. The van der Waals surface area contributed by atoms with E-state index in [1.54, 1.807) is 0 Å². The molecule has 0 rings (SSSR count). The number of hydrogen-bond donors (Lipinski definition) is 2. The summed E-state index contributed by atoms with van der Waals surface area (Å²) in [5, 5.41) is 17.2. The van der Waals surface area contributed by atoms with E-state index < -0.39 is 34.6 Å². The Hall–Kier alpha value is -1.34. The second-order valence-corrected chi connectivity index (χ2v) is 8.86. The van der Waals surface area contributed by atoms with E-state index in [-0.39, 0.29) is 12.8 Å². The maximum absolute atomic E-state index is 13.6. The zero-order valence-corrected chi connectivity index (χ0v) is 17.3. The van der Waals surface area contributed by atoms with Gasteiger partial charge in [0.1, 0.15) is 0 Å². The second kappa shape index (κ2) is 10.4. The lowest BCUT2D eigenvalue weighted by Crippen LogP contribution is -2.43. The number of carboxylic acids is 2. The Morgan fingerprint density at radius 1 is 0.571 bits per heavy atom. The smallest absolute Gasteiger partial charge is 0.375 e. The molecule has 0 aliphatic heterocycles. The van der Waals surface area contributed by atoms with Crippen LogP contribution in [0.4, 0.5) is 17.6 Å². The van der Waals surface area contributed by atoms with Crippen LogP contribution in [0.3, 0.4) is 0 Å². The van der Waals surface area contributed by atoms with E-state index >= 15 is 0 Å². The number of halogens is 4. The quantitative estimate of drug-likeness (QED) is 0.241. The van der Waals surface area contributed by atoms with Crippen LogP contribution >= 0.6 is 0 Å². The molecule has 0 aliphatic rings. The number of carbonyl (C=O) groups is 2. The molecule has 0 fully saturated rings. The molecule has 0 unspecified atom stereocenters. The van der Waals surface area contributed by atoms with Gasteiger partial charge in [-0.15, -0.1) is 0 Å². The Kier molecular flexibility index (Phi) is 9.94. The van der Waals surface area contributed by atoms with E-state index in [1.807, 2.05) is 0 Å². The highest BCUT2D eigenvalue weighted by molar-refractivity contribution is 5.76. The van der Waals surface area contributed by atoms with Crippen LogP contribution in [-0.2, 0) is 9.59 Å². The van der Waals surface area contributed by atoms with E-state index in [0.29, 0.717) is 12.8 Å². The molecule has 0 heterocycles. The largest absolute Gasteiger partial charge is 0.477 e. The van der Waals surface area contributed by atoms with Crippen LogP contribution < -0.4 is 0 Å². The highest BCUT2D eigenvalue weighted by Gasteiger charge is 2.53. The molecule has 0 radical (unpaired) electrons. The lowest BCUT2D eigenvalue weighted by molar-refractivity contribution is -0.185. The Morgan fingerprint density at radius 2 is 0.786 bits per heavy atom. The van der Waals surface area contributed by atoms with Gasteiger partial charge in [0.15, 0.2) is 0 Å². The molecule has 0 aliphatic carbocycles. The van der Waals surface area contributed by atoms with Gasteiger partial charge in [-0.25, -0.2) is 9.59 Å². The molecule has 0 saturated carbocycles. The topological polar surface area (TPSA) is 74.6 Å². The number of carboxylic acid groups (broad SMARTS) is 2. The Labute approximate surface area is 164 Å². The first-order valence-electron chi connectivity index (χ1n) is 9.82. The van der Waals surface area contributed by atoms with Crippen LogP contribution in [0.25, 0.3) is 0 Å². The van der Waals surface area contributed by atoms with E-state index in [2.05, 4.69) is 0 Å². The monoisotopic (exact) mass is 414 g/mol. The van der Waals surface area contributed by atoms with Crippen molar-refractivity contribution in [2.45, 2.75) is 104 Å². The summed E-state index contributed by atoms with van der Waals surface area (Å²) < 4.78 is 54.4. The molecule has 0 saturated heterocycles. The Bertz CT molecular complexity index is 470. The van der Waals surface area contributed by atoms with Crippen LogP contribution in [0.15, 0.2) is 0 Å². The van der Waals surface area contributed by atoms with Gasteiger partial charge in [-0.05, 0) is 12.8 Å². The van der Waals surface area contributed by atoms with Gasteiger partial charge >= 0.3 is 23.8 Å². The van der Waals surface area contributed by atoms with Crippen LogP contribution in [-0.4, -0.2) is 34.0 Å². The molecule has 0 bridgehead atoms. The molecule has 0 aromatic heterocycles. The average Bonchev–Trinajstić information content (AvgIpc) is 2.55. The molecule has 0 aromatic carbocycles. The zero-order valence-electron chi connectivity index (χ0n) is 17.3. The number of rotatable bonds is 15. The first-order chi connectivity index (χ1) is 12.6. The maximum atomic E-state index is 13.6. The van der Waals surface area contributed by atoms with E-state index in [9.17, 15) is 27.2 Å². The fraction of sp³-hybridized carbons (Fsp3) is 0.900. The summed E-state index contributed by atoms with van der Waals surface area (Å²) >= 11 is 0. The minimum Gasteiger partial charge on any atom is -0.477 e. The number of hydrogen-bond acceptors (Lipinski definition) is 2. The molecule has 0 spiro atoms. The molecule has 166 valence electrons. The van der Waals surface area contributed by atoms with Crippen LogP contribution in [0.1, 0.15) is 91.9 Å². The van der Waals surface area contributed by atoms with Crippen molar-refractivity contribution in [2.75, 3.05) is 0 Å². The fourth-order valence-electron chi connectivity index (χ4n) is 3.09. The third-order valence-corrected chi connectivity index (χ3v) is 5.59. The third kappa shape index (κ3) is 7.24. The molecular formula is C20H34F4O4. The summed E-state index contributed by atoms with van der Waals surface area (Å²) in [5.74, 6) is -11.7. The van der Waals surface area contributed by atoms with Crippen molar-refractivity contribution >= 4 is 11.9 Å². The van der Waals surface area contributed by atoms with Gasteiger partial charge in [0.2, 0.25) is 0 Å². The van der Waals surface area contributed by atoms with E-state index in [1.165, 1.54) is 27.7 Å². The van der Waals surface area contributed by atoms with Crippen LogP contribution in [0, 0.1) is 10.8 Å². The Morgan fingerprint density at radius 3 is 1.00 bits per heavy atom. The van der Waals surface area contributed by atoms with E-state index in [0.717, 1.165) is 38.5 Å². The summed E-state index contributed by atoms with van der Waals surface area (Å²) in [7, 11) is 0. The number of unbranched alkanes of at least 4 members (excludes halogenated alkanes) is 7. The number of aliphatic carboxylic acids is 2. The molecular weight excluding hydrogens is 380 g/mol. The van der Waals surface area contributed by atoms with Crippen molar-refractivity contribution in [3.8, 4) is 0 Å². The maximum Gasteiger partial charge on any atom is 0.375 e. The molecule has 8 heteroatoms. The number of alkyl halides is 4. The summed E-state index contributed by atoms with van der Waals surface area (Å²) in [6.45, 7) is 5.04. The molecule has 0 amide bonds. The van der Waals surface area contributed by atoms with Crippen molar-refractivity contribution in [2.24, 2.45) is 10.8 Å². The standard InChI is InChI=1S/C20H34F4O4/c1-17(2,19(21,22)15(25)26)13-11-9-7-5-6-8-10-12-14-18(3,4)20(23,24)16(27)28/h5-14H2,1-4H3,(H,25,26)(H,27,28). The van der Waals surface area contributed by atoms with Gasteiger partial charge in [-0.3, -0.25) is 0 Å². The van der Waals surface area contributed by atoms with E-state index in [4.69, 9.17) is 10.2 Å². The van der Waals surface area contributed by atoms with Crippen molar-refractivity contribution in [3.63, 3.8) is 0 Å². The van der Waals surface area contributed by atoms with Gasteiger partial charge in [-0.2, -0.15) is 17.6 Å². The average molecular weight is 414 g/mol. The first kappa shape index (κ1) is 26.7. The molecule has 0 aromatic rings. The lowest BCUT2D eigenvalue weighted by atomic mass is 9.80. The highest BCUT2D eigenvalue weighted by atomic mass is 19.3. The van der Waals surface area contributed by atoms with Gasteiger partial charge in [-0.1, -0.05) is 79.1 Å². The second-order valence-electron chi connectivity index (χ2n) is 8.86. The highest BCUT2D eigenvalue weighted by Crippen LogP contribution is 2.41. The molecule has 2 N–H and O–H groups in total. The van der Waals surface area contributed by atoms with Gasteiger partial charge < -0.3 is 10.2 Å². The van der Waals surface area contributed by atoms with Crippen LogP contribution in [0.2, 0.25) is 0 Å². The molecule has 4 nitrogen and oxygen atoms in total.